The minimum absolute atomic E-state index is 0.252. The van der Waals surface area contributed by atoms with Crippen molar-refractivity contribution in [1.82, 2.24) is 9.88 Å². The summed E-state index contributed by atoms with van der Waals surface area (Å²) in [6.07, 6.45) is 5.25. The van der Waals surface area contributed by atoms with Crippen molar-refractivity contribution in [1.29, 1.82) is 0 Å². The molecule has 20 heavy (non-hydrogen) atoms. The molecular formula is C16H21N3O. The van der Waals surface area contributed by atoms with E-state index in [0.29, 0.717) is 6.42 Å². The van der Waals surface area contributed by atoms with Gasteiger partial charge in [-0.1, -0.05) is 18.2 Å². The average Bonchev–Trinajstić information content (AvgIpc) is 2.89. The van der Waals surface area contributed by atoms with Gasteiger partial charge in [-0.15, -0.1) is 0 Å². The number of H-pyrrole nitrogens is 1. The van der Waals surface area contributed by atoms with Crippen LogP contribution < -0.4 is 5.73 Å². The zero-order chi connectivity index (χ0) is 13.9. The molecule has 0 aliphatic carbocycles. The number of fused-ring (bicyclic) bond motifs is 1. The Kier molecular flexibility index (Phi) is 3.74. The third kappa shape index (κ3) is 2.70. The van der Waals surface area contributed by atoms with Crippen molar-refractivity contribution in [3.63, 3.8) is 0 Å². The molecule has 0 unspecified atom stereocenters. The van der Waals surface area contributed by atoms with Gasteiger partial charge < -0.3 is 15.6 Å². The zero-order valence-corrected chi connectivity index (χ0v) is 11.6. The fourth-order valence-electron chi connectivity index (χ4n) is 2.89. The number of hydrogen-bond acceptors (Lipinski definition) is 2. The number of hydrogen-bond donors (Lipinski definition) is 2. The van der Waals surface area contributed by atoms with Crippen LogP contribution in [0.5, 0.6) is 0 Å². The normalized spacial score (nSPS) is 16.8. The lowest BCUT2D eigenvalue weighted by Crippen LogP contribution is -2.42. The van der Waals surface area contributed by atoms with Gasteiger partial charge in [0, 0.05) is 42.7 Å². The van der Waals surface area contributed by atoms with Gasteiger partial charge in [0.1, 0.15) is 0 Å². The second-order valence-corrected chi connectivity index (χ2v) is 5.58. The quantitative estimate of drug-likeness (QED) is 0.897. The van der Waals surface area contributed by atoms with E-state index in [2.05, 4.69) is 17.1 Å². The average molecular weight is 271 g/mol. The first-order chi connectivity index (χ1) is 9.74. The molecule has 106 valence electrons. The van der Waals surface area contributed by atoms with Gasteiger partial charge in [-0.2, -0.15) is 0 Å². The highest BCUT2D eigenvalue weighted by Crippen LogP contribution is 2.19. The Labute approximate surface area is 118 Å². The van der Waals surface area contributed by atoms with Crippen molar-refractivity contribution in [3.8, 4) is 0 Å². The molecule has 0 saturated carbocycles. The molecule has 2 aromatic rings. The predicted octanol–water partition coefficient (Wildman–Crippen LogP) is 2.05. The fraction of sp³-hybridized carbons (Fsp3) is 0.438. The standard InChI is InChI=1S/C16H21N3O/c17-13-7-9-19(10-8-13)16(20)6-5-12-11-18-15-4-2-1-3-14(12)15/h1-4,11,13,18H,5-10,17H2. The van der Waals surface area contributed by atoms with Crippen molar-refractivity contribution < 1.29 is 4.79 Å². The maximum absolute atomic E-state index is 12.2. The molecule has 1 aliphatic rings. The van der Waals surface area contributed by atoms with Crippen molar-refractivity contribution in [2.45, 2.75) is 31.7 Å². The summed E-state index contributed by atoms with van der Waals surface area (Å²) in [5.41, 5.74) is 8.23. The molecular weight excluding hydrogens is 250 g/mol. The van der Waals surface area contributed by atoms with Crippen molar-refractivity contribution in [2.24, 2.45) is 5.73 Å². The van der Waals surface area contributed by atoms with Crippen LogP contribution in [0.1, 0.15) is 24.8 Å². The number of nitrogens with two attached hydrogens (primary N) is 1. The number of piperidine rings is 1. The first-order valence-electron chi connectivity index (χ1n) is 7.32. The first-order valence-corrected chi connectivity index (χ1v) is 7.32. The Morgan fingerprint density at radius 1 is 1.30 bits per heavy atom. The number of aromatic nitrogens is 1. The number of likely N-dealkylation sites (tertiary alicyclic amines) is 1. The maximum atomic E-state index is 12.2. The second kappa shape index (κ2) is 5.67. The molecule has 0 bridgehead atoms. The summed E-state index contributed by atoms with van der Waals surface area (Å²) in [7, 11) is 0. The number of carbonyl (C=O) groups excluding carboxylic acids is 1. The summed E-state index contributed by atoms with van der Waals surface area (Å²) < 4.78 is 0. The summed E-state index contributed by atoms with van der Waals surface area (Å²) in [4.78, 5) is 17.4. The molecule has 1 amide bonds. The second-order valence-electron chi connectivity index (χ2n) is 5.58. The summed E-state index contributed by atoms with van der Waals surface area (Å²) in [5, 5.41) is 1.22. The minimum Gasteiger partial charge on any atom is -0.361 e. The van der Waals surface area contributed by atoms with Gasteiger partial charge in [-0.25, -0.2) is 0 Å². The topological polar surface area (TPSA) is 62.1 Å². The predicted molar refractivity (Wildman–Crippen MR) is 80.4 cm³/mol. The summed E-state index contributed by atoms with van der Waals surface area (Å²) in [5.74, 6) is 0.252. The van der Waals surface area contributed by atoms with Crippen LogP contribution in [0.4, 0.5) is 0 Å². The van der Waals surface area contributed by atoms with Gasteiger partial charge in [0.05, 0.1) is 0 Å². The molecule has 0 atom stereocenters. The van der Waals surface area contributed by atoms with Crippen molar-refractivity contribution in [2.75, 3.05) is 13.1 Å². The van der Waals surface area contributed by atoms with Crippen LogP contribution in [0.3, 0.4) is 0 Å². The Morgan fingerprint density at radius 2 is 2.05 bits per heavy atom. The van der Waals surface area contributed by atoms with Crippen LogP contribution in [0, 0.1) is 0 Å². The van der Waals surface area contributed by atoms with Gasteiger partial charge in [-0.05, 0) is 30.9 Å². The van der Waals surface area contributed by atoms with Gasteiger partial charge in [0.25, 0.3) is 0 Å². The lowest BCUT2D eigenvalue weighted by atomic mass is 10.0. The molecule has 1 aromatic heterocycles. The van der Waals surface area contributed by atoms with Crippen LogP contribution in [-0.4, -0.2) is 34.9 Å². The molecule has 0 radical (unpaired) electrons. The summed E-state index contributed by atoms with van der Waals surface area (Å²) in [6, 6.07) is 8.49. The lowest BCUT2D eigenvalue weighted by molar-refractivity contribution is -0.132. The molecule has 1 aliphatic heterocycles. The van der Waals surface area contributed by atoms with E-state index in [0.717, 1.165) is 37.9 Å². The third-order valence-electron chi connectivity index (χ3n) is 4.18. The minimum atomic E-state index is 0.252. The van der Waals surface area contributed by atoms with E-state index in [1.165, 1.54) is 10.9 Å². The maximum Gasteiger partial charge on any atom is 0.222 e. The molecule has 1 fully saturated rings. The fourth-order valence-corrected chi connectivity index (χ4v) is 2.89. The molecule has 4 nitrogen and oxygen atoms in total. The summed E-state index contributed by atoms with van der Waals surface area (Å²) in [6.45, 7) is 1.63. The third-order valence-corrected chi connectivity index (χ3v) is 4.18. The van der Waals surface area contributed by atoms with E-state index in [1.807, 2.05) is 23.2 Å². The zero-order valence-electron chi connectivity index (χ0n) is 11.6. The van der Waals surface area contributed by atoms with E-state index >= 15 is 0 Å². The Hall–Kier alpha value is -1.81. The number of para-hydroxylation sites is 1. The number of aromatic amines is 1. The van der Waals surface area contributed by atoms with Gasteiger partial charge >= 0.3 is 0 Å². The van der Waals surface area contributed by atoms with Gasteiger partial charge in [0.2, 0.25) is 5.91 Å². The van der Waals surface area contributed by atoms with E-state index in [4.69, 9.17) is 5.73 Å². The molecule has 0 spiro atoms. The number of rotatable bonds is 3. The van der Waals surface area contributed by atoms with Crippen LogP contribution in [0.25, 0.3) is 10.9 Å². The smallest absolute Gasteiger partial charge is 0.222 e. The van der Waals surface area contributed by atoms with Crippen molar-refractivity contribution in [3.05, 3.63) is 36.0 Å². The number of carbonyl (C=O) groups is 1. The Bertz CT molecular complexity index is 597. The number of aryl methyl sites for hydroxylation is 1. The monoisotopic (exact) mass is 271 g/mol. The SMILES string of the molecule is NC1CCN(C(=O)CCc2c[nH]c3ccccc23)CC1. The van der Waals surface area contributed by atoms with Gasteiger partial charge in [0.15, 0.2) is 0 Å². The summed E-state index contributed by atoms with van der Waals surface area (Å²) >= 11 is 0. The highest BCUT2D eigenvalue weighted by Gasteiger charge is 2.20. The number of amides is 1. The number of nitrogens with one attached hydrogen (secondary N) is 1. The highest BCUT2D eigenvalue weighted by atomic mass is 16.2. The first kappa shape index (κ1) is 13.2. The van der Waals surface area contributed by atoms with Gasteiger partial charge in [-0.3, -0.25) is 4.79 Å². The van der Waals surface area contributed by atoms with Crippen LogP contribution in [0.15, 0.2) is 30.5 Å². The van der Waals surface area contributed by atoms with E-state index < -0.39 is 0 Å². The highest BCUT2D eigenvalue weighted by molar-refractivity contribution is 5.84. The lowest BCUT2D eigenvalue weighted by Gasteiger charge is -2.30. The Morgan fingerprint density at radius 3 is 2.85 bits per heavy atom. The number of benzene rings is 1. The van der Waals surface area contributed by atoms with E-state index in [-0.39, 0.29) is 11.9 Å². The van der Waals surface area contributed by atoms with Crippen LogP contribution in [0.2, 0.25) is 0 Å². The van der Waals surface area contributed by atoms with E-state index in [1.54, 1.807) is 0 Å². The molecule has 1 aromatic carbocycles. The molecule has 3 rings (SSSR count). The van der Waals surface area contributed by atoms with Crippen molar-refractivity contribution >= 4 is 16.8 Å². The van der Waals surface area contributed by atoms with E-state index in [9.17, 15) is 4.79 Å². The molecule has 3 N–H and O–H groups in total. The molecule has 1 saturated heterocycles. The molecule has 2 heterocycles. The largest absolute Gasteiger partial charge is 0.361 e. The number of nitrogens with zero attached hydrogens (tertiary/aromatic N) is 1. The van der Waals surface area contributed by atoms with Crippen LogP contribution in [-0.2, 0) is 11.2 Å². The molecule has 4 heteroatoms. The Balaban J connectivity index is 1.60. The van der Waals surface area contributed by atoms with Crippen LogP contribution >= 0.6 is 0 Å².